The largest absolute Gasteiger partial charge is 0.392 e. The highest BCUT2D eigenvalue weighted by molar-refractivity contribution is 7.92. The van der Waals surface area contributed by atoms with Gasteiger partial charge in [-0.2, -0.15) is 0 Å². The Balaban J connectivity index is 2.43. The Bertz CT molecular complexity index is 339. The number of aliphatic hydroxyl groups excluding tert-OH is 1. The van der Waals surface area contributed by atoms with Crippen molar-refractivity contribution in [1.29, 1.82) is 0 Å². The molecule has 0 bridgehead atoms. The molecule has 7 heteroatoms. The second kappa shape index (κ2) is 5.49. The van der Waals surface area contributed by atoms with E-state index in [1.807, 2.05) is 0 Å². The number of amides is 2. The number of carbonyl (C=O) groups is 1. The Morgan fingerprint density at radius 1 is 1.50 bits per heavy atom. The van der Waals surface area contributed by atoms with E-state index in [9.17, 15) is 13.2 Å². The molecule has 1 aliphatic heterocycles. The monoisotopic (exact) mass is 250 g/mol. The maximum Gasteiger partial charge on any atom is 0.315 e. The minimum Gasteiger partial charge on any atom is -0.392 e. The van der Waals surface area contributed by atoms with Gasteiger partial charge in [-0.25, -0.2) is 13.2 Å². The lowest BCUT2D eigenvalue weighted by Gasteiger charge is -2.23. The number of rotatable bonds is 3. The molecule has 2 unspecified atom stereocenters. The van der Waals surface area contributed by atoms with Crippen LogP contribution in [0.3, 0.4) is 0 Å². The van der Waals surface area contributed by atoms with Crippen molar-refractivity contribution >= 4 is 15.9 Å². The van der Waals surface area contributed by atoms with E-state index in [4.69, 9.17) is 5.11 Å². The summed E-state index contributed by atoms with van der Waals surface area (Å²) in [7, 11) is -3.19. The quantitative estimate of drug-likeness (QED) is 0.634. The van der Waals surface area contributed by atoms with E-state index in [1.165, 1.54) is 6.92 Å². The van der Waals surface area contributed by atoms with Crippen molar-refractivity contribution in [3.8, 4) is 0 Å². The van der Waals surface area contributed by atoms with E-state index < -0.39 is 27.3 Å². The maximum absolute atomic E-state index is 11.6. The third-order valence-corrected chi connectivity index (χ3v) is 4.51. The molecule has 0 aromatic heterocycles. The molecule has 0 spiro atoms. The fourth-order valence-electron chi connectivity index (χ4n) is 1.55. The SMILES string of the molecule is CC(O)CNC(=O)NC1CCCCS1(=O)=O. The summed E-state index contributed by atoms with van der Waals surface area (Å²) in [6.45, 7) is 1.65. The summed E-state index contributed by atoms with van der Waals surface area (Å²) >= 11 is 0. The van der Waals surface area contributed by atoms with Crippen LogP contribution in [0.2, 0.25) is 0 Å². The van der Waals surface area contributed by atoms with Crippen molar-refractivity contribution in [3.63, 3.8) is 0 Å². The molecule has 1 heterocycles. The molecule has 1 rings (SSSR count). The highest BCUT2D eigenvalue weighted by Crippen LogP contribution is 2.16. The molecule has 1 fully saturated rings. The average Bonchev–Trinajstić information content (AvgIpc) is 2.18. The van der Waals surface area contributed by atoms with Gasteiger partial charge >= 0.3 is 6.03 Å². The Morgan fingerprint density at radius 2 is 2.19 bits per heavy atom. The summed E-state index contributed by atoms with van der Waals surface area (Å²) in [6.07, 6.45) is 1.29. The number of aliphatic hydroxyl groups is 1. The first kappa shape index (κ1) is 13.2. The molecule has 6 nitrogen and oxygen atoms in total. The van der Waals surface area contributed by atoms with Crippen molar-refractivity contribution in [2.75, 3.05) is 12.3 Å². The Hall–Kier alpha value is -0.820. The van der Waals surface area contributed by atoms with Gasteiger partial charge in [0.25, 0.3) is 0 Å². The second-order valence-electron chi connectivity index (χ2n) is 4.05. The molecule has 0 radical (unpaired) electrons. The Morgan fingerprint density at radius 3 is 2.75 bits per heavy atom. The molecule has 16 heavy (non-hydrogen) atoms. The molecule has 2 amide bonds. The predicted molar refractivity (Wildman–Crippen MR) is 59.6 cm³/mol. The molecular formula is C9H18N2O4S. The Labute approximate surface area is 95.3 Å². The number of hydrogen-bond donors (Lipinski definition) is 3. The van der Waals surface area contributed by atoms with Crippen LogP contribution in [0.15, 0.2) is 0 Å². The minimum atomic E-state index is -3.19. The fourth-order valence-corrected chi connectivity index (χ4v) is 3.26. The zero-order valence-corrected chi connectivity index (χ0v) is 10.1. The Kier molecular flexibility index (Phi) is 4.55. The number of carbonyl (C=O) groups excluding carboxylic acids is 1. The van der Waals surface area contributed by atoms with Crippen molar-refractivity contribution < 1.29 is 18.3 Å². The molecule has 2 atom stereocenters. The molecule has 0 aromatic carbocycles. The van der Waals surface area contributed by atoms with E-state index >= 15 is 0 Å². The second-order valence-corrected chi connectivity index (χ2v) is 6.36. The summed E-state index contributed by atoms with van der Waals surface area (Å²) in [5.74, 6) is 0.133. The summed E-state index contributed by atoms with van der Waals surface area (Å²) in [6, 6.07) is -0.545. The lowest BCUT2D eigenvalue weighted by Crippen LogP contribution is -2.49. The summed E-state index contributed by atoms with van der Waals surface area (Å²) < 4.78 is 23.1. The minimum absolute atomic E-state index is 0.110. The van der Waals surface area contributed by atoms with E-state index in [0.29, 0.717) is 12.8 Å². The van der Waals surface area contributed by atoms with E-state index in [-0.39, 0.29) is 12.3 Å². The van der Waals surface area contributed by atoms with Gasteiger partial charge in [0.05, 0.1) is 11.9 Å². The number of hydrogen-bond acceptors (Lipinski definition) is 4. The standard InChI is InChI=1S/C9H18N2O4S/c1-7(12)6-10-9(13)11-8-4-2-3-5-16(8,14)15/h7-8,12H,2-6H2,1H3,(H2,10,11,13). The highest BCUT2D eigenvalue weighted by atomic mass is 32.2. The molecule has 1 aliphatic rings. The average molecular weight is 250 g/mol. The number of urea groups is 1. The first-order valence-corrected chi connectivity index (χ1v) is 7.07. The summed E-state index contributed by atoms with van der Waals surface area (Å²) in [4.78, 5) is 11.3. The molecular weight excluding hydrogens is 232 g/mol. The zero-order chi connectivity index (χ0) is 12.2. The fraction of sp³-hybridized carbons (Fsp3) is 0.889. The molecule has 3 N–H and O–H groups in total. The normalized spacial score (nSPS) is 25.8. The van der Waals surface area contributed by atoms with Crippen LogP contribution < -0.4 is 10.6 Å². The van der Waals surface area contributed by atoms with Gasteiger partial charge in [-0.3, -0.25) is 0 Å². The van der Waals surface area contributed by atoms with Gasteiger partial charge in [-0.15, -0.1) is 0 Å². The molecule has 94 valence electrons. The van der Waals surface area contributed by atoms with E-state index in [2.05, 4.69) is 10.6 Å². The highest BCUT2D eigenvalue weighted by Gasteiger charge is 2.29. The van der Waals surface area contributed by atoms with Gasteiger partial charge in [-0.05, 0) is 26.2 Å². The van der Waals surface area contributed by atoms with Crippen molar-refractivity contribution in [1.82, 2.24) is 10.6 Å². The first-order chi connectivity index (χ1) is 7.42. The topological polar surface area (TPSA) is 95.5 Å². The lowest BCUT2D eigenvalue weighted by molar-refractivity contribution is 0.187. The van der Waals surface area contributed by atoms with Crippen molar-refractivity contribution in [2.45, 2.75) is 37.7 Å². The molecule has 0 saturated carbocycles. The van der Waals surface area contributed by atoms with Crippen LogP contribution in [-0.4, -0.2) is 43.3 Å². The predicted octanol–water partition coefficient (Wildman–Crippen LogP) is -0.409. The van der Waals surface area contributed by atoms with Gasteiger partial charge in [0, 0.05) is 6.54 Å². The van der Waals surface area contributed by atoms with Gasteiger partial charge in [-0.1, -0.05) is 0 Å². The van der Waals surface area contributed by atoms with Crippen LogP contribution >= 0.6 is 0 Å². The zero-order valence-electron chi connectivity index (χ0n) is 9.27. The number of sulfone groups is 1. The molecule has 0 aliphatic carbocycles. The lowest BCUT2D eigenvalue weighted by atomic mass is 10.2. The molecule has 1 saturated heterocycles. The molecule has 0 aromatic rings. The van der Waals surface area contributed by atoms with Gasteiger partial charge in [0.1, 0.15) is 5.37 Å². The van der Waals surface area contributed by atoms with E-state index in [0.717, 1.165) is 6.42 Å². The van der Waals surface area contributed by atoms with Crippen molar-refractivity contribution in [3.05, 3.63) is 0 Å². The third kappa shape index (κ3) is 3.97. The summed E-state index contributed by atoms with van der Waals surface area (Å²) in [5, 5.41) is 13.0. The van der Waals surface area contributed by atoms with Crippen LogP contribution in [-0.2, 0) is 9.84 Å². The summed E-state index contributed by atoms with van der Waals surface area (Å²) in [5.41, 5.74) is 0. The van der Waals surface area contributed by atoms with Crippen LogP contribution in [0.25, 0.3) is 0 Å². The third-order valence-electron chi connectivity index (χ3n) is 2.43. The van der Waals surface area contributed by atoms with Gasteiger partial charge in [0.15, 0.2) is 9.84 Å². The van der Waals surface area contributed by atoms with Crippen LogP contribution in [0.4, 0.5) is 4.79 Å². The van der Waals surface area contributed by atoms with Crippen LogP contribution in [0.5, 0.6) is 0 Å². The smallest absolute Gasteiger partial charge is 0.315 e. The van der Waals surface area contributed by atoms with Crippen LogP contribution in [0, 0.1) is 0 Å². The van der Waals surface area contributed by atoms with Crippen molar-refractivity contribution in [2.24, 2.45) is 0 Å². The van der Waals surface area contributed by atoms with Gasteiger partial charge < -0.3 is 15.7 Å². The van der Waals surface area contributed by atoms with E-state index in [1.54, 1.807) is 0 Å². The van der Waals surface area contributed by atoms with Crippen LogP contribution in [0.1, 0.15) is 26.2 Å². The maximum atomic E-state index is 11.6. The first-order valence-electron chi connectivity index (χ1n) is 5.36. The van der Waals surface area contributed by atoms with Gasteiger partial charge in [0.2, 0.25) is 0 Å². The number of nitrogens with one attached hydrogen (secondary N) is 2.